The van der Waals surface area contributed by atoms with Crippen molar-refractivity contribution in [2.75, 3.05) is 0 Å². The number of hydrogen-bond acceptors (Lipinski definition) is 3. The quantitative estimate of drug-likeness (QED) is 0.100. The van der Waals surface area contributed by atoms with Crippen molar-refractivity contribution in [3.63, 3.8) is 0 Å². The zero-order chi connectivity index (χ0) is 47.4. The van der Waals surface area contributed by atoms with Gasteiger partial charge in [-0.05, 0) is 102 Å². The Balaban J connectivity index is 0.000000215. The molecular formula is C50H40F12O3. The van der Waals surface area contributed by atoms with Crippen molar-refractivity contribution in [3.05, 3.63) is 187 Å². The Morgan fingerprint density at radius 3 is 1.62 bits per heavy atom. The number of alkyl halides is 6. The topological polar surface area (TPSA) is 49.7 Å². The van der Waals surface area contributed by atoms with Crippen LogP contribution in [0.4, 0.5) is 52.7 Å². The molecule has 1 unspecified atom stereocenters. The molecule has 0 aliphatic carbocycles. The van der Waals surface area contributed by atoms with Gasteiger partial charge in [-0.15, -0.1) is 0 Å². The van der Waals surface area contributed by atoms with Gasteiger partial charge < -0.3 is 14.9 Å². The van der Waals surface area contributed by atoms with E-state index in [1.165, 1.54) is 54.6 Å². The van der Waals surface area contributed by atoms with Crippen molar-refractivity contribution >= 4 is 11.6 Å². The number of benzene rings is 6. The Morgan fingerprint density at radius 1 is 0.523 bits per heavy atom. The summed E-state index contributed by atoms with van der Waals surface area (Å²) in [4.78, 5) is 0. The molecule has 0 amide bonds. The van der Waals surface area contributed by atoms with Gasteiger partial charge >= 0.3 is 12.4 Å². The summed E-state index contributed by atoms with van der Waals surface area (Å²) in [6.45, 7) is 3.71. The lowest BCUT2D eigenvalue weighted by Crippen LogP contribution is -2.23. The molecular weight excluding hydrogens is 877 g/mol. The summed E-state index contributed by atoms with van der Waals surface area (Å²) in [5, 5.41) is 21.1. The van der Waals surface area contributed by atoms with Gasteiger partial charge in [-0.2, -0.15) is 26.3 Å². The van der Waals surface area contributed by atoms with E-state index in [-0.39, 0.29) is 72.2 Å². The van der Waals surface area contributed by atoms with Gasteiger partial charge in [-0.25, -0.2) is 26.3 Å². The van der Waals surface area contributed by atoms with Crippen LogP contribution in [0.3, 0.4) is 0 Å². The maximum absolute atomic E-state index is 14.7. The molecule has 1 heterocycles. The Bertz CT molecular complexity index is 2830. The van der Waals surface area contributed by atoms with Crippen molar-refractivity contribution in [2.45, 2.75) is 77.1 Å². The fourth-order valence-corrected chi connectivity index (χ4v) is 7.63. The third-order valence-corrected chi connectivity index (χ3v) is 10.6. The molecule has 65 heavy (non-hydrogen) atoms. The van der Waals surface area contributed by atoms with Crippen LogP contribution in [0.2, 0.25) is 0 Å². The van der Waals surface area contributed by atoms with Crippen LogP contribution in [0.1, 0.15) is 90.0 Å². The van der Waals surface area contributed by atoms with Gasteiger partial charge in [0, 0.05) is 50.6 Å². The van der Waals surface area contributed by atoms with E-state index in [4.69, 9.17) is 4.74 Å². The number of aromatic hydroxyl groups is 2. The van der Waals surface area contributed by atoms with E-state index in [9.17, 15) is 62.9 Å². The molecule has 342 valence electrons. The fraction of sp³-hybridized carbons (Fsp3) is 0.240. The first-order valence-corrected chi connectivity index (χ1v) is 20.4. The van der Waals surface area contributed by atoms with E-state index in [1.54, 1.807) is 6.07 Å². The highest BCUT2D eigenvalue weighted by Crippen LogP contribution is 2.44. The lowest BCUT2D eigenvalue weighted by Gasteiger charge is -2.23. The van der Waals surface area contributed by atoms with Gasteiger partial charge in [0.25, 0.3) is 0 Å². The molecule has 1 aliphatic rings. The smallest absolute Gasteiger partial charge is 0.392 e. The highest BCUT2D eigenvalue weighted by atomic mass is 19.4. The van der Waals surface area contributed by atoms with Crippen LogP contribution in [-0.4, -0.2) is 22.6 Å². The first-order valence-electron chi connectivity index (χ1n) is 20.4. The summed E-state index contributed by atoms with van der Waals surface area (Å²) in [5.41, 5.74) is 0.419. The second-order valence-corrected chi connectivity index (χ2v) is 15.4. The Labute approximate surface area is 365 Å². The number of rotatable bonds is 11. The second kappa shape index (κ2) is 19.8. The van der Waals surface area contributed by atoms with E-state index in [1.807, 2.05) is 13.8 Å². The standard InChI is InChI=1S/C25H22F6O2.C25H18F6O/c1-2-5-14-10-22(32)17(12-20(14)27)24(16-6-3-4-7-19(16)26)18-13-21(28)15(11-23(18)33)8-9-25(29,30)31;1-2-5-14-10-22-17(12-20(14)27)24(16-6-3-4-7-19(16)26)18-13-21(28)15(11-23(18)32-22)8-9-25(29,30)31/h3-4,6-7,10-13,24,32-33H,2,5,8-9H2,1H3;3-4,6-8,10-13H,2,5,9H2,1H3/b;15-8-. The Kier molecular flexibility index (Phi) is 14.6. The van der Waals surface area contributed by atoms with E-state index >= 15 is 0 Å². The third kappa shape index (κ3) is 11.3. The molecule has 0 saturated heterocycles. The van der Waals surface area contributed by atoms with Gasteiger partial charge in [-0.3, -0.25) is 0 Å². The fourth-order valence-electron chi connectivity index (χ4n) is 7.63. The maximum Gasteiger partial charge on any atom is 0.392 e. The van der Waals surface area contributed by atoms with Crippen molar-refractivity contribution in [3.8, 4) is 23.0 Å². The average Bonchev–Trinajstić information content (AvgIpc) is 3.23. The van der Waals surface area contributed by atoms with E-state index in [2.05, 4.69) is 0 Å². The molecule has 1 atom stereocenters. The predicted molar refractivity (Wildman–Crippen MR) is 221 cm³/mol. The molecule has 0 bridgehead atoms. The number of halogens is 12. The molecule has 6 aromatic rings. The zero-order valence-electron chi connectivity index (χ0n) is 34.7. The molecule has 0 fully saturated rings. The number of phenolic OH excluding ortho intramolecular Hbond substituents is 2. The molecule has 0 saturated carbocycles. The van der Waals surface area contributed by atoms with E-state index < -0.39 is 78.2 Å². The molecule has 7 rings (SSSR count). The first kappa shape index (κ1) is 48.1. The van der Waals surface area contributed by atoms with Gasteiger partial charge in [0.05, 0.1) is 6.42 Å². The summed E-state index contributed by atoms with van der Waals surface area (Å²) in [6, 6.07) is 19.9. The van der Waals surface area contributed by atoms with Gasteiger partial charge in [-0.1, -0.05) is 69.2 Å². The van der Waals surface area contributed by atoms with Crippen LogP contribution in [-0.2, 0) is 19.3 Å². The molecule has 0 spiro atoms. The van der Waals surface area contributed by atoms with Crippen molar-refractivity contribution in [1.29, 1.82) is 0 Å². The minimum atomic E-state index is -4.51. The summed E-state index contributed by atoms with van der Waals surface area (Å²) >= 11 is 0. The molecule has 6 aromatic carbocycles. The Hall–Kier alpha value is -6.38. The SMILES string of the molecule is CCCc1cc(O)c(C(c2cc(F)c(CCC(F)(F)F)cc2O)c2ccccc2F)cc1F.CCCc1cc2c(cc1F)C(c1ccccc1F)=c1cc(F)/c(=C\CC(F)(F)F)cc1O2. The minimum absolute atomic E-state index is 0.0691. The van der Waals surface area contributed by atoms with Crippen LogP contribution in [0.15, 0.2) is 97.1 Å². The van der Waals surface area contributed by atoms with Gasteiger partial charge in [0.2, 0.25) is 0 Å². The van der Waals surface area contributed by atoms with Crippen LogP contribution < -0.4 is 15.2 Å². The Morgan fingerprint density at radius 2 is 1.06 bits per heavy atom. The van der Waals surface area contributed by atoms with Crippen LogP contribution >= 0.6 is 0 Å². The lowest BCUT2D eigenvalue weighted by atomic mass is 9.82. The van der Waals surface area contributed by atoms with Crippen molar-refractivity contribution in [1.82, 2.24) is 0 Å². The van der Waals surface area contributed by atoms with Crippen LogP contribution in [0.25, 0.3) is 11.6 Å². The summed E-state index contributed by atoms with van der Waals surface area (Å²) in [6.07, 6.45) is -9.50. The highest BCUT2D eigenvalue weighted by Gasteiger charge is 2.31. The van der Waals surface area contributed by atoms with Crippen LogP contribution in [0.5, 0.6) is 23.0 Å². The van der Waals surface area contributed by atoms with E-state index in [0.29, 0.717) is 31.2 Å². The highest BCUT2D eigenvalue weighted by molar-refractivity contribution is 5.85. The van der Waals surface area contributed by atoms with Crippen LogP contribution in [0, 0.1) is 34.9 Å². The van der Waals surface area contributed by atoms with Crippen molar-refractivity contribution in [2.24, 2.45) is 0 Å². The maximum atomic E-state index is 14.7. The molecule has 0 radical (unpaired) electrons. The summed E-state index contributed by atoms with van der Waals surface area (Å²) in [7, 11) is 0. The molecule has 15 heteroatoms. The summed E-state index contributed by atoms with van der Waals surface area (Å²) in [5.74, 6) is -6.46. The normalized spacial score (nSPS) is 13.1. The lowest BCUT2D eigenvalue weighted by molar-refractivity contribution is -0.134. The van der Waals surface area contributed by atoms with Gasteiger partial charge in [0.1, 0.15) is 57.9 Å². The molecule has 3 nitrogen and oxygen atoms in total. The first-order chi connectivity index (χ1) is 30.7. The monoisotopic (exact) mass is 916 g/mol. The molecule has 0 aromatic heterocycles. The second-order valence-electron chi connectivity index (χ2n) is 15.4. The van der Waals surface area contributed by atoms with Gasteiger partial charge in [0.15, 0.2) is 0 Å². The largest absolute Gasteiger partial charge is 0.508 e. The minimum Gasteiger partial charge on any atom is -0.508 e. The number of ether oxygens (including phenoxy) is 1. The number of aryl methyl sites for hydroxylation is 3. The van der Waals surface area contributed by atoms with Crippen molar-refractivity contribution < 1.29 is 67.6 Å². The van der Waals surface area contributed by atoms with E-state index in [0.717, 1.165) is 42.5 Å². The third-order valence-electron chi connectivity index (χ3n) is 10.6. The molecule has 2 N–H and O–H groups in total. The molecule has 1 aliphatic heterocycles. The summed E-state index contributed by atoms with van der Waals surface area (Å²) < 4.78 is 170. The number of hydrogen-bond donors (Lipinski definition) is 2. The zero-order valence-corrected chi connectivity index (χ0v) is 34.7. The average molecular weight is 917 g/mol. The number of phenols is 2. The number of fused-ring (bicyclic) bond motifs is 2. The predicted octanol–water partition coefficient (Wildman–Crippen LogP) is 13.3.